The first-order chi connectivity index (χ1) is 9.81. The molecule has 1 saturated heterocycles. The van der Waals surface area contributed by atoms with E-state index in [2.05, 4.69) is 21.8 Å². The van der Waals surface area contributed by atoms with E-state index in [0.717, 1.165) is 10.9 Å². The molecule has 1 fully saturated rings. The molecule has 9 heteroatoms. The zero-order chi connectivity index (χ0) is 15.8. The number of hydrogen-bond donors (Lipinski definition) is 4. The lowest BCUT2D eigenvalue weighted by Gasteiger charge is -2.26. The average molecular weight is 296 g/mol. The molecule has 5 atom stereocenters. The number of hydrogen-bond acceptors (Lipinski definition) is 8. The molecule has 0 amide bonds. The fraction of sp³-hybridized carbons (Fsp3) is 0.583. The minimum Gasteiger partial charge on any atom is -0.391 e. The van der Waals surface area contributed by atoms with Crippen LogP contribution in [0.3, 0.4) is 0 Å². The number of anilines is 1. The van der Waals surface area contributed by atoms with Crippen LogP contribution in [0.5, 0.6) is 0 Å². The number of ether oxygens (including phenoxy) is 1. The van der Waals surface area contributed by atoms with Crippen molar-refractivity contribution in [2.45, 2.75) is 44.0 Å². The van der Waals surface area contributed by atoms with Crippen molar-refractivity contribution in [3.63, 3.8) is 0 Å². The maximum absolute atomic E-state index is 11.9. The van der Waals surface area contributed by atoms with Crippen LogP contribution in [0.4, 0.5) is 5.95 Å². The third kappa shape index (κ3) is 2.50. The maximum atomic E-state index is 11.9. The molecule has 0 bridgehead atoms. The average Bonchev–Trinajstić information content (AvgIpc) is 2.64. The van der Waals surface area contributed by atoms with Gasteiger partial charge in [0.15, 0.2) is 11.8 Å². The van der Waals surface area contributed by atoms with Crippen molar-refractivity contribution >= 4 is 5.95 Å². The lowest BCUT2D eigenvalue weighted by molar-refractivity contribution is -0.0888. The van der Waals surface area contributed by atoms with E-state index in [-0.39, 0.29) is 5.95 Å². The summed E-state index contributed by atoms with van der Waals surface area (Å²) >= 11 is 0. The maximum Gasteiger partial charge on any atom is 0.354 e. The van der Waals surface area contributed by atoms with Crippen molar-refractivity contribution in [2.24, 2.45) is 0 Å². The number of rotatable bonds is 2. The van der Waals surface area contributed by atoms with Crippen molar-refractivity contribution in [1.82, 2.24) is 14.5 Å². The molecule has 0 spiro atoms. The quantitative estimate of drug-likeness (QED) is 0.443. The van der Waals surface area contributed by atoms with Crippen molar-refractivity contribution in [2.75, 3.05) is 5.73 Å². The molecule has 0 aromatic carbocycles. The zero-order valence-electron chi connectivity index (χ0n) is 11.5. The molecule has 1 aromatic heterocycles. The van der Waals surface area contributed by atoms with Crippen molar-refractivity contribution in [3.8, 4) is 11.8 Å². The van der Waals surface area contributed by atoms with Crippen LogP contribution >= 0.6 is 0 Å². The minimum atomic E-state index is -2.08. The highest BCUT2D eigenvalue weighted by atomic mass is 16.6. The summed E-state index contributed by atoms with van der Waals surface area (Å²) in [5.74, 6) is 4.66. The molecule has 1 aliphatic heterocycles. The van der Waals surface area contributed by atoms with Gasteiger partial charge in [-0.3, -0.25) is 4.57 Å². The molecule has 2 rings (SSSR count). The second kappa shape index (κ2) is 5.42. The number of nitrogens with zero attached hydrogens (tertiary/aromatic N) is 3. The van der Waals surface area contributed by atoms with Crippen LogP contribution in [-0.2, 0) is 4.74 Å². The van der Waals surface area contributed by atoms with Gasteiger partial charge in [-0.05, 0) is 13.8 Å². The summed E-state index contributed by atoms with van der Waals surface area (Å²) in [6.07, 6.45) is -4.05. The van der Waals surface area contributed by atoms with Gasteiger partial charge in [0.1, 0.15) is 18.5 Å². The van der Waals surface area contributed by atoms with Crippen molar-refractivity contribution in [1.29, 1.82) is 0 Å². The van der Waals surface area contributed by atoms with Crippen molar-refractivity contribution < 1.29 is 20.1 Å². The number of nitrogens with two attached hydrogens (primary N) is 1. The van der Waals surface area contributed by atoms with Gasteiger partial charge in [0.05, 0.1) is 6.10 Å². The van der Waals surface area contributed by atoms with Crippen LogP contribution < -0.4 is 11.4 Å². The summed E-state index contributed by atoms with van der Waals surface area (Å²) < 4.78 is 6.27. The second-order valence-corrected chi connectivity index (χ2v) is 4.74. The van der Waals surface area contributed by atoms with E-state index in [9.17, 15) is 20.1 Å². The molecule has 1 aromatic rings. The Hall–Kier alpha value is -1.99. The molecular formula is C12H16N4O5. The van der Waals surface area contributed by atoms with Crippen LogP contribution in [0, 0.1) is 11.8 Å². The SMILES string of the molecule is CC#C[C@@]1(O)C(O)[C@@H]([C@@H](C)O)O[C@H]1n1cnc(N)nc1=O. The summed E-state index contributed by atoms with van der Waals surface area (Å²) in [6.45, 7) is 2.85. The highest BCUT2D eigenvalue weighted by molar-refractivity contribution is 5.22. The summed E-state index contributed by atoms with van der Waals surface area (Å²) in [4.78, 5) is 18.9. The van der Waals surface area contributed by atoms with E-state index in [4.69, 9.17) is 10.5 Å². The molecule has 5 N–H and O–H groups in total. The Morgan fingerprint density at radius 3 is 2.81 bits per heavy atom. The van der Waals surface area contributed by atoms with Gasteiger partial charge in [-0.25, -0.2) is 9.78 Å². The van der Waals surface area contributed by atoms with E-state index in [1.165, 1.54) is 13.8 Å². The van der Waals surface area contributed by atoms with Gasteiger partial charge >= 0.3 is 5.69 Å². The molecule has 2 heterocycles. The molecule has 9 nitrogen and oxygen atoms in total. The topological polar surface area (TPSA) is 144 Å². The normalized spacial score (nSPS) is 33.3. The van der Waals surface area contributed by atoms with Gasteiger partial charge in [-0.1, -0.05) is 5.92 Å². The Labute approximate surface area is 120 Å². The lowest BCUT2D eigenvalue weighted by atomic mass is 9.93. The summed E-state index contributed by atoms with van der Waals surface area (Å²) in [5, 5.41) is 30.4. The van der Waals surface area contributed by atoms with E-state index in [1.54, 1.807) is 0 Å². The van der Waals surface area contributed by atoms with Crippen LogP contribution in [0.25, 0.3) is 0 Å². The van der Waals surface area contributed by atoms with Gasteiger partial charge in [-0.2, -0.15) is 4.98 Å². The van der Waals surface area contributed by atoms with Gasteiger partial charge in [0.25, 0.3) is 0 Å². The van der Waals surface area contributed by atoms with E-state index in [1.807, 2.05) is 0 Å². The molecule has 1 unspecified atom stereocenters. The number of nitrogen functional groups attached to an aromatic ring is 1. The number of aliphatic hydroxyl groups excluding tert-OH is 2. The van der Waals surface area contributed by atoms with Gasteiger partial charge in [0.2, 0.25) is 5.95 Å². The molecule has 1 aliphatic rings. The Morgan fingerprint density at radius 2 is 2.29 bits per heavy atom. The fourth-order valence-corrected chi connectivity index (χ4v) is 2.23. The summed E-state index contributed by atoms with van der Waals surface area (Å²) in [7, 11) is 0. The van der Waals surface area contributed by atoms with E-state index < -0.39 is 35.8 Å². The smallest absolute Gasteiger partial charge is 0.354 e. The highest BCUT2D eigenvalue weighted by Crippen LogP contribution is 2.38. The molecule has 0 saturated carbocycles. The Bertz CT molecular complexity index is 649. The predicted molar refractivity (Wildman–Crippen MR) is 70.7 cm³/mol. The van der Waals surface area contributed by atoms with Crippen LogP contribution in [0.15, 0.2) is 11.1 Å². The number of aromatic nitrogens is 3. The van der Waals surface area contributed by atoms with Gasteiger partial charge < -0.3 is 25.8 Å². The van der Waals surface area contributed by atoms with Gasteiger partial charge in [-0.15, -0.1) is 5.92 Å². The predicted octanol–water partition coefficient (Wildman–Crippen LogP) is -2.39. The van der Waals surface area contributed by atoms with Crippen LogP contribution in [0.2, 0.25) is 0 Å². The first-order valence-electron chi connectivity index (χ1n) is 6.19. The molecule has 0 aliphatic carbocycles. The Balaban J connectivity index is 2.54. The number of aliphatic hydroxyl groups is 3. The Kier molecular flexibility index (Phi) is 3.97. The third-order valence-corrected chi connectivity index (χ3v) is 3.22. The summed E-state index contributed by atoms with van der Waals surface area (Å²) in [6, 6.07) is 0. The first kappa shape index (κ1) is 15.4. The largest absolute Gasteiger partial charge is 0.391 e. The first-order valence-corrected chi connectivity index (χ1v) is 6.19. The monoisotopic (exact) mass is 296 g/mol. The third-order valence-electron chi connectivity index (χ3n) is 3.22. The van der Waals surface area contributed by atoms with E-state index in [0.29, 0.717) is 0 Å². The molecule has 0 radical (unpaired) electrons. The van der Waals surface area contributed by atoms with Crippen molar-refractivity contribution in [3.05, 3.63) is 16.8 Å². The van der Waals surface area contributed by atoms with Crippen LogP contribution in [0.1, 0.15) is 20.1 Å². The minimum absolute atomic E-state index is 0.230. The highest BCUT2D eigenvalue weighted by Gasteiger charge is 2.57. The summed E-state index contributed by atoms with van der Waals surface area (Å²) in [5.41, 5.74) is 2.40. The molecular weight excluding hydrogens is 280 g/mol. The second-order valence-electron chi connectivity index (χ2n) is 4.74. The van der Waals surface area contributed by atoms with Gasteiger partial charge in [0, 0.05) is 0 Å². The van der Waals surface area contributed by atoms with Crippen LogP contribution in [-0.4, -0.2) is 53.8 Å². The molecule has 21 heavy (non-hydrogen) atoms. The molecule has 114 valence electrons. The Morgan fingerprint density at radius 1 is 1.62 bits per heavy atom. The fourth-order valence-electron chi connectivity index (χ4n) is 2.23. The lowest BCUT2D eigenvalue weighted by Crippen LogP contribution is -2.48. The zero-order valence-corrected chi connectivity index (χ0v) is 11.5. The standard InChI is InChI=1S/C12H16N4O5/c1-3-4-12(20)8(18)7(6(2)17)21-9(12)16-5-14-10(13)15-11(16)19/h5-9,17-18,20H,1-2H3,(H2,13,15,19)/t6-,7-,8?,9-,12-/m1/s1. The van der Waals surface area contributed by atoms with E-state index >= 15 is 0 Å².